The Morgan fingerprint density at radius 2 is 2.05 bits per heavy atom. The number of phenols is 1. The van der Waals surface area contributed by atoms with Crippen molar-refractivity contribution in [3.05, 3.63) is 43.9 Å². The summed E-state index contributed by atoms with van der Waals surface area (Å²) in [6.45, 7) is 1.89. The van der Waals surface area contributed by atoms with Crippen molar-refractivity contribution in [1.29, 1.82) is 0 Å². The quantitative estimate of drug-likeness (QED) is 0.745. The molecule has 102 valence electrons. The van der Waals surface area contributed by atoms with Gasteiger partial charge in [0.2, 0.25) is 0 Å². The highest BCUT2D eigenvalue weighted by molar-refractivity contribution is 7.14. The number of phenolic OH excluding ortho intramolecular Hbond substituents is 1. The van der Waals surface area contributed by atoms with E-state index >= 15 is 0 Å². The lowest BCUT2D eigenvalue weighted by Crippen LogP contribution is -2.19. The van der Waals surface area contributed by atoms with Gasteiger partial charge in [0.25, 0.3) is 5.56 Å². The van der Waals surface area contributed by atoms with E-state index in [2.05, 4.69) is 9.97 Å². The monoisotopic (exact) mass is 327 g/mol. The number of halogens is 2. The van der Waals surface area contributed by atoms with E-state index in [0.717, 1.165) is 4.88 Å². The SMILES string of the molecule is Cc1cnc(-n2cnc3c(O)c(Cl)cc(Cl)c3c2=O)s1. The third-order valence-electron chi connectivity index (χ3n) is 2.73. The van der Waals surface area contributed by atoms with Crippen LogP contribution in [-0.4, -0.2) is 19.6 Å². The van der Waals surface area contributed by atoms with Crippen LogP contribution in [0, 0.1) is 6.92 Å². The molecule has 0 aliphatic carbocycles. The Labute approximate surface area is 127 Å². The molecular formula is C12H7Cl2N3O2S. The topological polar surface area (TPSA) is 68.0 Å². The van der Waals surface area contributed by atoms with E-state index in [1.165, 1.54) is 28.3 Å². The van der Waals surface area contributed by atoms with Crippen LogP contribution in [-0.2, 0) is 0 Å². The zero-order chi connectivity index (χ0) is 14.4. The van der Waals surface area contributed by atoms with Gasteiger partial charge >= 0.3 is 0 Å². The normalized spacial score (nSPS) is 11.2. The Bertz CT molecular complexity index is 888. The summed E-state index contributed by atoms with van der Waals surface area (Å²) in [6, 6.07) is 1.32. The van der Waals surface area contributed by atoms with Crippen molar-refractivity contribution in [2.24, 2.45) is 0 Å². The maximum absolute atomic E-state index is 12.5. The second kappa shape index (κ2) is 4.73. The molecule has 0 unspecified atom stereocenters. The Balaban J connectivity index is 2.40. The van der Waals surface area contributed by atoms with Crippen molar-refractivity contribution >= 4 is 45.4 Å². The fourth-order valence-corrected chi connectivity index (χ4v) is 3.07. The van der Waals surface area contributed by atoms with Crippen molar-refractivity contribution in [1.82, 2.24) is 14.5 Å². The lowest BCUT2D eigenvalue weighted by atomic mass is 10.2. The minimum atomic E-state index is -0.402. The lowest BCUT2D eigenvalue weighted by molar-refractivity contribution is 0.480. The Hall–Kier alpha value is -1.63. The van der Waals surface area contributed by atoms with E-state index in [4.69, 9.17) is 23.2 Å². The summed E-state index contributed by atoms with van der Waals surface area (Å²) in [6.07, 6.45) is 2.97. The van der Waals surface area contributed by atoms with Crippen LogP contribution >= 0.6 is 34.5 Å². The summed E-state index contributed by atoms with van der Waals surface area (Å²) >= 11 is 13.2. The zero-order valence-corrected chi connectivity index (χ0v) is 12.4. The number of aryl methyl sites for hydroxylation is 1. The molecule has 0 fully saturated rings. The summed E-state index contributed by atoms with van der Waals surface area (Å²) in [5.74, 6) is -0.259. The van der Waals surface area contributed by atoms with Crippen molar-refractivity contribution in [3.8, 4) is 10.9 Å². The van der Waals surface area contributed by atoms with Gasteiger partial charge in [-0.3, -0.25) is 4.79 Å². The van der Waals surface area contributed by atoms with Gasteiger partial charge in [-0.25, -0.2) is 14.5 Å². The molecule has 0 spiro atoms. The molecule has 0 saturated heterocycles. The molecule has 0 aliphatic rings. The summed E-state index contributed by atoms with van der Waals surface area (Å²) in [5.41, 5.74) is -0.321. The summed E-state index contributed by atoms with van der Waals surface area (Å²) < 4.78 is 1.29. The molecule has 8 heteroatoms. The van der Waals surface area contributed by atoms with Crippen LogP contribution in [0.4, 0.5) is 0 Å². The minimum Gasteiger partial charge on any atom is -0.504 e. The van der Waals surface area contributed by atoms with Crippen LogP contribution in [0.25, 0.3) is 16.0 Å². The summed E-state index contributed by atoms with van der Waals surface area (Å²) in [4.78, 5) is 21.6. The molecule has 1 N–H and O–H groups in total. The maximum atomic E-state index is 12.5. The highest BCUT2D eigenvalue weighted by atomic mass is 35.5. The number of aromatic nitrogens is 3. The van der Waals surface area contributed by atoms with E-state index in [9.17, 15) is 9.90 Å². The zero-order valence-electron chi connectivity index (χ0n) is 10.1. The predicted octanol–water partition coefficient (Wildman–Crippen LogP) is 3.16. The molecule has 0 amide bonds. The molecule has 3 rings (SSSR count). The van der Waals surface area contributed by atoms with E-state index in [0.29, 0.717) is 5.13 Å². The van der Waals surface area contributed by atoms with Crippen molar-refractivity contribution in [2.45, 2.75) is 6.92 Å². The number of nitrogens with zero attached hydrogens (tertiary/aromatic N) is 3. The van der Waals surface area contributed by atoms with Crippen LogP contribution in [0.3, 0.4) is 0 Å². The van der Waals surface area contributed by atoms with Crippen LogP contribution in [0.1, 0.15) is 4.88 Å². The molecule has 20 heavy (non-hydrogen) atoms. The Morgan fingerprint density at radius 3 is 2.70 bits per heavy atom. The molecule has 0 atom stereocenters. The second-order valence-electron chi connectivity index (χ2n) is 4.09. The molecule has 0 bridgehead atoms. The first-order chi connectivity index (χ1) is 9.49. The van der Waals surface area contributed by atoms with E-state index in [1.54, 1.807) is 6.20 Å². The van der Waals surface area contributed by atoms with Gasteiger partial charge in [0.05, 0.1) is 15.4 Å². The van der Waals surface area contributed by atoms with Crippen molar-refractivity contribution in [3.63, 3.8) is 0 Å². The van der Waals surface area contributed by atoms with Gasteiger partial charge < -0.3 is 5.11 Å². The number of aromatic hydroxyl groups is 1. The van der Waals surface area contributed by atoms with E-state index in [1.807, 2.05) is 6.92 Å². The van der Waals surface area contributed by atoms with Crippen LogP contribution < -0.4 is 5.56 Å². The number of hydrogen-bond acceptors (Lipinski definition) is 5. The summed E-state index contributed by atoms with van der Waals surface area (Å²) in [7, 11) is 0. The smallest absolute Gasteiger partial charge is 0.269 e. The first-order valence-electron chi connectivity index (χ1n) is 5.50. The molecule has 0 saturated carbocycles. The van der Waals surface area contributed by atoms with Crippen molar-refractivity contribution < 1.29 is 5.11 Å². The van der Waals surface area contributed by atoms with Gasteiger partial charge in [-0.05, 0) is 13.0 Å². The highest BCUT2D eigenvalue weighted by Gasteiger charge is 2.16. The number of thiazole rings is 1. The van der Waals surface area contributed by atoms with Crippen LogP contribution in [0.15, 0.2) is 23.4 Å². The average Bonchev–Trinajstić information content (AvgIpc) is 2.82. The van der Waals surface area contributed by atoms with E-state index < -0.39 is 5.56 Å². The fraction of sp³-hybridized carbons (Fsp3) is 0.0833. The average molecular weight is 328 g/mol. The predicted molar refractivity (Wildman–Crippen MR) is 79.4 cm³/mol. The largest absolute Gasteiger partial charge is 0.504 e. The molecule has 3 aromatic rings. The van der Waals surface area contributed by atoms with Crippen LogP contribution in [0.2, 0.25) is 10.0 Å². The number of rotatable bonds is 1. The third kappa shape index (κ3) is 1.96. The molecule has 0 radical (unpaired) electrons. The molecule has 2 heterocycles. The minimum absolute atomic E-state index is 0.0530. The van der Waals surface area contributed by atoms with Gasteiger partial charge in [-0.1, -0.05) is 23.2 Å². The first-order valence-corrected chi connectivity index (χ1v) is 7.07. The Kier molecular flexibility index (Phi) is 3.16. The summed E-state index contributed by atoms with van der Waals surface area (Å²) in [5, 5.41) is 10.7. The van der Waals surface area contributed by atoms with Crippen molar-refractivity contribution in [2.75, 3.05) is 0 Å². The fourth-order valence-electron chi connectivity index (χ4n) is 1.80. The molecule has 5 nitrogen and oxygen atoms in total. The number of hydrogen-bond donors (Lipinski definition) is 1. The number of benzene rings is 1. The van der Waals surface area contributed by atoms with Gasteiger partial charge in [-0.2, -0.15) is 0 Å². The number of fused-ring (bicyclic) bond motifs is 1. The molecule has 0 aliphatic heterocycles. The van der Waals surface area contributed by atoms with Crippen LogP contribution in [0.5, 0.6) is 5.75 Å². The Morgan fingerprint density at radius 1 is 1.30 bits per heavy atom. The van der Waals surface area contributed by atoms with E-state index in [-0.39, 0.29) is 26.7 Å². The first kappa shape index (κ1) is 13.4. The van der Waals surface area contributed by atoms with Gasteiger partial charge in [0.15, 0.2) is 10.9 Å². The second-order valence-corrected chi connectivity index (χ2v) is 6.11. The van der Waals surface area contributed by atoms with Gasteiger partial charge in [0, 0.05) is 11.1 Å². The highest BCUT2D eigenvalue weighted by Crippen LogP contribution is 2.34. The standard InChI is InChI=1S/C12H7Cl2N3O2S/c1-5-3-15-12(20-5)17-4-16-9-8(11(17)19)6(13)2-7(14)10(9)18/h2-4,18H,1H3. The lowest BCUT2D eigenvalue weighted by Gasteiger charge is -2.06. The maximum Gasteiger partial charge on any atom is 0.269 e. The molecule has 1 aromatic carbocycles. The third-order valence-corrected chi connectivity index (χ3v) is 4.23. The van der Waals surface area contributed by atoms with Gasteiger partial charge in [0.1, 0.15) is 11.8 Å². The van der Waals surface area contributed by atoms with Gasteiger partial charge in [-0.15, -0.1) is 11.3 Å². The molecule has 2 aromatic heterocycles. The molecular weight excluding hydrogens is 321 g/mol.